The Hall–Kier alpha value is -0.340. The number of hydrogen-bond acceptors (Lipinski definition) is 2. The van der Waals surface area contributed by atoms with E-state index in [1.54, 1.807) is 0 Å². The molecule has 2 heteroatoms. The minimum absolute atomic E-state index is 0.126. The zero-order valence-corrected chi connectivity index (χ0v) is 9.81. The number of allylic oxidation sites excluding steroid dienone is 1. The Kier molecular flexibility index (Phi) is 2.80. The molecule has 0 aromatic heterocycles. The van der Waals surface area contributed by atoms with E-state index in [0.717, 1.165) is 12.8 Å². The molecule has 0 radical (unpaired) electrons. The standard InChI is InChI=1S/C14H22O2/c15-12-7-3-6-11-10-5-2-1-4-9(10)8-13(16)14(11)12/h8,10-16H,1-7H2/t10-,11-,12-,13+,14+/m0/s1. The van der Waals surface area contributed by atoms with Crippen LogP contribution in [-0.4, -0.2) is 22.4 Å². The van der Waals surface area contributed by atoms with Crippen LogP contribution in [0.2, 0.25) is 0 Å². The molecule has 3 aliphatic rings. The van der Waals surface area contributed by atoms with Crippen molar-refractivity contribution >= 4 is 0 Å². The number of fused-ring (bicyclic) bond motifs is 3. The van der Waals surface area contributed by atoms with E-state index >= 15 is 0 Å². The highest BCUT2D eigenvalue weighted by atomic mass is 16.3. The molecule has 2 nitrogen and oxygen atoms in total. The first-order valence-corrected chi connectivity index (χ1v) is 6.84. The molecule has 2 N–H and O–H groups in total. The average molecular weight is 222 g/mol. The van der Waals surface area contributed by atoms with E-state index in [2.05, 4.69) is 6.08 Å². The van der Waals surface area contributed by atoms with Crippen LogP contribution in [0.1, 0.15) is 44.9 Å². The van der Waals surface area contributed by atoms with E-state index < -0.39 is 0 Å². The number of hydrogen-bond donors (Lipinski definition) is 2. The van der Waals surface area contributed by atoms with Crippen LogP contribution in [0.5, 0.6) is 0 Å². The van der Waals surface area contributed by atoms with Crippen molar-refractivity contribution in [1.29, 1.82) is 0 Å². The minimum atomic E-state index is -0.385. The van der Waals surface area contributed by atoms with Gasteiger partial charge in [0.05, 0.1) is 12.2 Å². The second-order valence-corrected chi connectivity index (χ2v) is 5.82. The normalized spacial score (nSPS) is 47.9. The van der Waals surface area contributed by atoms with Gasteiger partial charge >= 0.3 is 0 Å². The van der Waals surface area contributed by atoms with E-state index in [1.807, 2.05) is 0 Å². The summed E-state index contributed by atoms with van der Waals surface area (Å²) < 4.78 is 0. The molecule has 0 unspecified atom stereocenters. The fourth-order valence-corrected chi connectivity index (χ4v) is 4.27. The first kappa shape index (κ1) is 10.8. The molecule has 2 fully saturated rings. The van der Waals surface area contributed by atoms with Crippen molar-refractivity contribution in [2.75, 3.05) is 0 Å². The van der Waals surface area contributed by atoms with Gasteiger partial charge in [0.25, 0.3) is 0 Å². The van der Waals surface area contributed by atoms with Crippen LogP contribution < -0.4 is 0 Å². The van der Waals surface area contributed by atoms with Crippen molar-refractivity contribution in [2.45, 2.75) is 57.2 Å². The molecule has 3 rings (SSSR count). The molecule has 0 aromatic carbocycles. The van der Waals surface area contributed by atoms with Crippen LogP contribution in [0.4, 0.5) is 0 Å². The third-order valence-electron chi connectivity index (χ3n) is 4.98. The molecule has 0 aliphatic heterocycles. The third-order valence-corrected chi connectivity index (χ3v) is 4.98. The third kappa shape index (κ3) is 1.63. The summed E-state index contributed by atoms with van der Waals surface area (Å²) in [6.07, 6.45) is 9.73. The quantitative estimate of drug-likeness (QED) is 0.617. The SMILES string of the molecule is O[C@@H]1C=C2CCCC[C@@H]2[C@@H]2CCC[C@H](O)[C@@H]21. The van der Waals surface area contributed by atoms with Gasteiger partial charge in [0.2, 0.25) is 0 Å². The highest BCUT2D eigenvalue weighted by Gasteiger charge is 2.44. The van der Waals surface area contributed by atoms with Gasteiger partial charge in [0.1, 0.15) is 0 Å². The van der Waals surface area contributed by atoms with Crippen molar-refractivity contribution in [3.63, 3.8) is 0 Å². The van der Waals surface area contributed by atoms with E-state index in [1.165, 1.54) is 37.7 Å². The summed E-state index contributed by atoms with van der Waals surface area (Å²) in [5.41, 5.74) is 1.49. The van der Waals surface area contributed by atoms with Gasteiger partial charge in [0, 0.05) is 5.92 Å². The van der Waals surface area contributed by atoms with E-state index in [4.69, 9.17) is 0 Å². The molecule has 0 aromatic rings. The molecule has 0 spiro atoms. The van der Waals surface area contributed by atoms with Crippen molar-refractivity contribution in [1.82, 2.24) is 0 Å². The van der Waals surface area contributed by atoms with Gasteiger partial charge in [-0.1, -0.05) is 24.5 Å². The van der Waals surface area contributed by atoms with Gasteiger partial charge in [-0.05, 0) is 43.9 Å². The summed E-state index contributed by atoms with van der Waals surface area (Å²) in [7, 11) is 0. The van der Waals surface area contributed by atoms with Gasteiger partial charge in [-0.25, -0.2) is 0 Å². The first-order chi connectivity index (χ1) is 7.77. The van der Waals surface area contributed by atoms with Crippen LogP contribution in [0.25, 0.3) is 0 Å². The summed E-state index contributed by atoms with van der Waals surface area (Å²) in [6, 6.07) is 0. The van der Waals surface area contributed by atoms with Gasteiger partial charge in [0.15, 0.2) is 0 Å². The van der Waals surface area contributed by atoms with Crippen LogP contribution in [0.3, 0.4) is 0 Å². The molecule has 0 heterocycles. The summed E-state index contributed by atoms with van der Waals surface area (Å²) in [4.78, 5) is 0. The van der Waals surface area contributed by atoms with Crippen molar-refractivity contribution in [3.8, 4) is 0 Å². The molecule has 0 bridgehead atoms. The summed E-state index contributed by atoms with van der Waals surface area (Å²) in [5, 5.41) is 20.3. The average Bonchev–Trinajstić information content (AvgIpc) is 2.29. The number of aliphatic hydroxyl groups is 2. The van der Waals surface area contributed by atoms with Gasteiger partial charge in [-0.15, -0.1) is 0 Å². The Morgan fingerprint density at radius 2 is 1.88 bits per heavy atom. The Balaban J connectivity index is 1.90. The van der Waals surface area contributed by atoms with Gasteiger partial charge in [-0.2, -0.15) is 0 Å². The second kappa shape index (κ2) is 4.15. The highest BCUT2D eigenvalue weighted by molar-refractivity contribution is 5.20. The Labute approximate surface area is 97.4 Å². The maximum Gasteiger partial charge on any atom is 0.0779 e. The van der Waals surface area contributed by atoms with Gasteiger partial charge < -0.3 is 10.2 Å². The zero-order valence-electron chi connectivity index (χ0n) is 9.81. The highest BCUT2D eigenvalue weighted by Crippen LogP contribution is 2.48. The van der Waals surface area contributed by atoms with E-state index in [9.17, 15) is 10.2 Å². The second-order valence-electron chi connectivity index (χ2n) is 5.82. The molecule has 2 saturated carbocycles. The topological polar surface area (TPSA) is 40.5 Å². The molecule has 90 valence electrons. The largest absolute Gasteiger partial charge is 0.393 e. The number of aliphatic hydroxyl groups excluding tert-OH is 2. The fraction of sp³-hybridized carbons (Fsp3) is 0.857. The smallest absolute Gasteiger partial charge is 0.0779 e. The maximum absolute atomic E-state index is 10.2. The van der Waals surface area contributed by atoms with E-state index in [-0.39, 0.29) is 18.1 Å². The summed E-state index contributed by atoms with van der Waals surface area (Å²) >= 11 is 0. The molecule has 3 aliphatic carbocycles. The van der Waals surface area contributed by atoms with Crippen LogP contribution >= 0.6 is 0 Å². The lowest BCUT2D eigenvalue weighted by Crippen LogP contribution is -2.46. The van der Waals surface area contributed by atoms with Crippen LogP contribution in [-0.2, 0) is 0 Å². The maximum atomic E-state index is 10.2. The molecule has 16 heavy (non-hydrogen) atoms. The molecule has 0 amide bonds. The monoisotopic (exact) mass is 222 g/mol. The van der Waals surface area contributed by atoms with E-state index in [0.29, 0.717) is 11.8 Å². The zero-order chi connectivity index (χ0) is 11.1. The Morgan fingerprint density at radius 1 is 1.00 bits per heavy atom. The van der Waals surface area contributed by atoms with Crippen LogP contribution in [0, 0.1) is 17.8 Å². The molecular weight excluding hydrogens is 200 g/mol. The van der Waals surface area contributed by atoms with Crippen LogP contribution in [0.15, 0.2) is 11.6 Å². The lowest BCUT2D eigenvalue weighted by molar-refractivity contribution is -0.0506. The fourth-order valence-electron chi connectivity index (χ4n) is 4.27. The predicted molar refractivity (Wildman–Crippen MR) is 62.9 cm³/mol. The summed E-state index contributed by atoms with van der Waals surface area (Å²) in [5.74, 6) is 1.36. The van der Waals surface area contributed by atoms with Gasteiger partial charge in [-0.3, -0.25) is 0 Å². The lowest BCUT2D eigenvalue weighted by atomic mass is 9.60. The molecule has 0 saturated heterocycles. The molecule has 5 atom stereocenters. The minimum Gasteiger partial charge on any atom is -0.393 e. The Bertz CT molecular complexity index is 297. The molecular formula is C14H22O2. The predicted octanol–water partition coefficient (Wildman–Crippen LogP) is 2.25. The first-order valence-electron chi connectivity index (χ1n) is 6.84. The van der Waals surface area contributed by atoms with Crippen molar-refractivity contribution in [3.05, 3.63) is 11.6 Å². The summed E-state index contributed by atoms with van der Waals surface area (Å²) in [6.45, 7) is 0. The van der Waals surface area contributed by atoms with Crippen molar-refractivity contribution < 1.29 is 10.2 Å². The Morgan fingerprint density at radius 3 is 2.75 bits per heavy atom. The number of rotatable bonds is 0. The van der Waals surface area contributed by atoms with Crippen molar-refractivity contribution in [2.24, 2.45) is 17.8 Å². The lowest BCUT2D eigenvalue weighted by Gasteiger charge is -2.47.